The molecule has 2 bridgehead atoms. The third-order valence-electron chi connectivity index (χ3n) is 7.89. The molecule has 2 aliphatic carbocycles. The van der Waals surface area contributed by atoms with Gasteiger partial charge >= 0.3 is 0 Å². The van der Waals surface area contributed by atoms with Gasteiger partial charge in [-0.3, -0.25) is 14.4 Å². The smallest absolute Gasteiger partial charge is 0.259 e. The summed E-state index contributed by atoms with van der Waals surface area (Å²) >= 11 is 0. The Morgan fingerprint density at radius 2 is 1.94 bits per heavy atom. The van der Waals surface area contributed by atoms with Crippen LogP contribution in [-0.4, -0.2) is 47.5 Å². The minimum atomic E-state index is -0.492. The summed E-state index contributed by atoms with van der Waals surface area (Å²) in [6.07, 6.45) is 13.9. The molecule has 0 spiro atoms. The molecule has 190 valence electrons. The largest absolute Gasteiger partial charge is 0.496 e. The highest BCUT2D eigenvalue weighted by Crippen LogP contribution is 2.37. The van der Waals surface area contributed by atoms with E-state index in [0.29, 0.717) is 31.3 Å². The Morgan fingerprint density at radius 3 is 2.67 bits per heavy atom. The summed E-state index contributed by atoms with van der Waals surface area (Å²) in [5.74, 6) is 0.550. The first-order valence-electron chi connectivity index (χ1n) is 13.2. The fourth-order valence-corrected chi connectivity index (χ4v) is 5.96. The third-order valence-corrected chi connectivity index (χ3v) is 7.89. The average Bonchev–Trinajstić information content (AvgIpc) is 3.54. The lowest BCUT2D eigenvalue weighted by atomic mass is 9.97. The topological polar surface area (TPSA) is 80.6 Å². The second-order valence-corrected chi connectivity index (χ2v) is 10.3. The normalized spacial score (nSPS) is 20.8. The molecular formula is C29H35N3O4. The highest BCUT2D eigenvalue weighted by atomic mass is 16.5. The number of amides is 2. The number of carbonyl (C=O) groups is 2. The second-order valence-electron chi connectivity index (χ2n) is 10.3. The molecule has 7 heteroatoms. The number of fused-ring (bicyclic) bond motifs is 2. The molecule has 3 aliphatic rings. The zero-order valence-electron chi connectivity index (χ0n) is 21.0. The van der Waals surface area contributed by atoms with Gasteiger partial charge in [-0.15, -0.1) is 0 Å². The third kappa shape index (κ3) is 5.11. The van der Waals surface area contributed by atoms with Gasteiger partial charge in [0.2, 0.25) is 5.43 Å². The van der Waals surface area contributed by atoms with Crippen LogP contribution >= 0.6 is 0 Å². The number of piperidine rings is 1. The number of likely N-dealkylation sites (tertiary alicyclic amines) is 1. The molecule has 1 aliphatic heterocycles. The molecule has 0 radical (unpaired) electrons. The van der Waals surface area contributed by atoms with Crippen molar-refractivity contribution >= 4 is 11.8 Å². The number of nitrogens with zero attached hydrogens (tertiary/aromatic N) is 2. The lowest BCUT2D eigenvalue weighted by molar-refractivity contribution is 0.0701. The summed E-state index contributed by atoms with van der Waals surface area (Å²) in [7, 11) is 1.61. The molecule has 1 saturated heterocycles. The van der Waals surface area contributed by atoms with Crippen molar-refractivity contribution in [2.75, 3.05) is 20.2 Å². The van der Waals surface area contributed by atoms with Crippen molar-refractivity contribution in [3.63, 3.8) is 0 Å². The number of hydrogen-bond donors (Lipinski definition) is 1. The monoisotopic (exact) mass is 489 g/mol. The van der Waals surface area contributed by atoms with Crippen LogP contribution in [0.2, 0.25) is 0 Å². The van der Waals surface area contributed by atoms with Crippen molar-refractivity contribution in [2.24, 2.45) is 5.92 Å². The van der Waals surface area contributed by atoms with Gasteiger partial charge < -0.3 is 19.5 Å². The van der Waals surface area contributed by atoms with Gasteiger partial charge in [0.25, 0.3) is 11.8 Å². The maximum Gasteiger partial charge on any atom is 0.259 e. The van der Waals surface area contributed by atoms with E-state index in [2.05, 4.69) is 11.4 Å². The minimum Gasteiger partial charge on any atom is -0.496 e. The molecule has 1 aromatic carbocycles. The molecule has 1 N–H and O–H groups in total. The van der Waals surface area contributed by atoms with Gasteiger partial charge in [-0.25, -0.2) is 0 Å². The van der Waals surface area contributed by atoms with Gasteiger partial charge in [-0.2, -0.15) is 0 Å². The maximum absolute atomic E-state index is 13.5. The molecule has 36 heavy (non-hydrogen) atoms. The highest BCUT2D eigenvalue weighted by Gasteiger charge is 2.41. The molecular weight excluding hydrogens is 454 g/mol. The van der Waals surface area contributed by atoms with Crippen LogP contribution in [0.25, 0.3) is 0 Å². The molecule has 2 aromatic rings. The van der Waals surface area contributed by atoms with Crippen LogP contribution in [0.3, 0.4) is 0 Å². The van der Waals surface area contributed by atoms with Gasteiger partial charge in [0, 0.05) is 37.1 Å². The van der Waals surface area contributed by atoms with Crippen LogP contribution < -0.4 is 15.5 Å². The number of aromatic nitrogens is 1. The van der Waals surface area contributed by atoms with Crippen LogP contribution in [0.15, 0.2) is 53.1 Å². The van der Waals surface area contributed by atoms with E-state index in [1.54, 1.807) is 24.1 Å². The van der Waals surface area contributed by atoms with Crippen molar-refractivity contribution < 1.29 is 14.3 Å². The van der Waals surface area contributed by atoms with E-state index in [4.69, 9.17) is 4.74 Å². The number of carbonyl (C=O) groups excluding carboxylic acids is 2. The quantitative estimate of drug-likeness (QED) is 0.565. The van der Waals surface area contributed by atoms with Gasteiger partial charge in [0.15, 0.2) is 0 Å². The standard InChI is InChI=1S/C29H35N3O4/c1-36-26-10-6-5-9-22(26)17-31-18-24(28(34)30-14-13-20-7-3-2-4-8-20)27(33)25(19-31)29(35)32-16-21-11-12-23(32)15-21/h5-7,9-10,18-19,21,23H,2-4,8,11-17H2,1H3,(H,30,34)/t21-,23+/m0/s1. The first-order chi connectivity index (χ1) is 17.5. The van der Waals surface area contributed by atoms with Gasteiger partial charge in [-0.1, -0.05) is 29.8 Å². The van der Waals surface area contributed by atoms with Crippen LogP contribution in [-0.2, 0) is 6.54 Å². The Balaban J connectivity index is 1.42. The van der Waals surface area contributed by atoms with Crippen LogP contribution in [0.4, 0.5) is 0 Å². The molecule has 0 unspecified atom stereocenters. The summed E-state index contributed by atoms with van der Waals surface area (Å²) in [6, 6.07) is 7.83. The number of hydrogen-bond acceptors (Lipinski definition) is 4. The molecule has 1 aromatic heterocycles. The van der Waals surface area contributed by atoms with E-state index in [0.717, 1.165) is 44.1 Å². The predicted molar refractivity (Wildman–Crippen MR) is 138 cm³/mol. The number of benzene rings is 1. The van der Waals surface area contributed by atoms with E-state index in [-0.39, 0.29) is 23.1 Å². The summed E-state index contributed by atoms with van der Waals surface area (Å²) in [4.78, 5) is 42.0. The molecule has 1 saturated carbocycles. The number of rotatable bonds is 8. The predicted octanol–water partition coefficient (Wildman–Crippen LogP) is 4.15. The van der Waals surface area contributed by atoms with Gasteiger partial charge in [0.05, 0.1) is 13.7 Å². The van der Waals surface area contributed by atoms with E-state index in [9.17, 15) is 14.4 Å². The number of nitrogens with one attached hydrogen (secondary N) is 1. The minimum absolute atomic E-state index is 0.0118. The number of pyridine rings is 1. The van der Waals surface area contributed by atoms with E-state index >= 15 is 0 Å². The van der Waals surface area contributed by atoms with Crippen molar-refractivity contribution in [3.05, 3.63) is 75.2 Å². The molecule has 2 atom stereocenters. The SMILES string of the molecule is COc1ccccc1Cn1cc(C(=O)NCCC2=CCCCC2)c(=O)c(C(=O)N2C[C@H]3CC[C@@H]2C3)c1. The van der Waals surface area contributed by atoms with Crippen molar-refractivity contribution in [3.8, 4) is 5.75 Å². The Morgan fingerprint density at radius 1 is 1.11 bits per heavy atom. The first kappa shape index (κ1) is 24.3. The molecule has 2 heterocycles. The molecule has 5 rings (SSSR count). The number of allylic oxidation sites excluding steroid dienone is 1. The fraction of sp³-hybridized carbons (Fsp3) is 0.483. The summed E-state index contributed by atoms with van der Waals surface area (Å²) in [5.41, 5.74) is 1.85. The summed E-state index contributed by atoms with van der Waals surface area (Å²) in [5, 5.41) is 2.92. The Kier molecular flexibility index (Phi) is 7.25. The lowest BCUT2D eigenvalue weighted by Gasteiger charge is -2.27. The number of para-hydroxylation sites is 1. The zero-order valence-corrected chi connectivity index (χ0v) is 21.0. The Hall–Kier alpha value is -3.35. The Bertz CT molecular complexity index is 1230. The van der Waals surface area contributed by atoms with Crippen LogP contribution in [0, 0.1) is 5.92 Å². The zero-order chi connectivity index (χ0) is 25.1. The maximum atomic E-state index is 13.5. The lowest BCUT2D eigenvalue weighted by Crippen LogP contribution is -2.41. The first-order valence-corrected chi connectivity index (χ1v) is 13.2. The van der Waals surface area contributed by atoms with Crippen molar-refractivity contribution in [2.45, 2.75) is 64.0 Å². The van der Waals surface area contributed by atoms with Gasteiger partial charge in [-0.05, 0) is 63.4 Å². The average molecular weight is 490 g/mol. The summed E-state index contributed by atoms with van der Waals surface area (Å²) < 4.78 is 7.25. The van der Waals surface area contributed by atoms with Crippen molar-refractivity contribution in [1.82, 2.24) is 14.8 Å². The molecule has 7 nitrogen and oxygen atoms in total. The van der Waals surface area contributed by atoms with Crippen molar-refractivity contribution in [1.29, 1.82) is 0 Å². The Labute approximate surface area is 212 Å². The fourth-order valence-electron chi connectivity index (χ4n) is 5.96. The van der Waals surface area contributed by atoms with E-state index in [1.807, 2.05) is 29.2 Å². The van der Waals surface area contributed by atoms with E-state index < -0.39 is 11.3 Å². The number of methoxy groups -OCH3 is 1. The van der Waals surface area contributed by atoms with Crippen LogP contribution in [0.5, 0.6) is 5.75 Å². The number of ether oxygens (including phenoxy) is 1. The second kappa shape index (κ2) is 10.7. The van der Waals surface area contributed by atoms with E-state index in [1.165, 1.54) is 18.4 Å². The molecule has 2 amide bonds. The van der Waals surface area contributed by atoms with Crippen LogP contribution in [0.1, 0.15) is 77.6 Å². The summed E-state index contributed by atoms with van der Waals surface area (Å²) in [6.45, 7) is 1.55. The highest BCUT2D eigenvalue weighted by molar-refractivity contribution is 5.99. The van der Waals surface area contributed by atoms with Gasteiger partial charge in [0.1, 0.15) is 16.9 Å². The molecule has 2 fully saturated rings.